The van der Waals surface area contributed by atoms with Crippen LogP contribution in [0.3, 0.4) is 0 Å². The van der Waals surface area contributed by atoms with Crippen molar-refractivity contribution in [3.63, 3.8) is 0 Å². The molecule has 5 nitrogen and oxygen atoms in total. The van der Waals surface area contributed by atoms with Crippen LogP contribution >= 0.6 is 0 Å². The third-order valence-corrected chi connectivity index (χ3v) is 3.30. The molecule has 1 aliphatic rings. The lowest BCUT2D eigenvalue weighted by Crippen LogP contribution is -2.48. The first-order valence-corrected chi connectivity index (χ1v) is 6.51. The number of urea groups is 1. The number of carbonyl (C=O) groups excluding carboxylic acids is 1. The largest absolute Gasteiger partial charge is 0.481 e. The van der Waals surface area contributed by atoms with E-state index in [-0.39, 0.29) is 25.0 Å². The van der Waals surface area contributed by atoms with E-state index in [1.54, 1.807) is 0 Å². The normalized spacial score (nSPS) is 14.5. The minimum Gasteiger partial charge on any atom is -0.481 e. The molecule has 0 saturated heterocycles. The van der Waals surface area contributed by atoms with Crippen molar-refractivity contribution in [2.45, 2.75) is 31.7 Å². The zero-order valence-corrected chi connectivity index (χ0v) is 10.7. The van der Waals surface area contributed by atoms with E-state index >= 15 is 0 Å². The van der Waals surface area contributed by atoms with Crippen molar-refractivity contribution in [3.05, 3.63) is 30.3 Å². The molecule has 0 spiro atoms. The van der Waals surface area contributed by atoms with Crippen LogP contribution in [0.1, 0.15) is 25.7 Å². The van der Waals surface area contributed by atoms with Gasteiger partial charge in [-0.3, -0.25) is 9.69 Å². The van der Waals surface area contributed by atoms with E-state index < -0.39 is 5.97 Å². The lowest BCUT2D eigenvalue weighted by Gasteiger charge is -2.30. The van der Waals surface area contributed by atoms with E-state index in [1.807, 2.05) is 30.3 Å². The monoisotopic (exact) mass is 262 g/mol. The summed E-state index contributed by atoms with van der Waals surface area (Å²) < 4.78 is 0. The van der Waals surface area contributed by atoms with Crippen LogP contribution in [0.4, 0.5) is 10.5 Å². The van der Waals surface area contributed by atoms with Gasteiger partial charge in [0.25, 0.3) is 0 Å². The maximum atomic E-state index is 12.2. The van der Waals surface area contributed by atoms with Gasteiger partial charge >= 0.3 is 12.0 Å². The smallest absolute Gasteiger partial charge is 0.322 e. The number of hydrogen-bond donors (Lipinski definition) is 2. The summed E-state index contributed by atoms with van der Waals surface area (Å²) in [4.78, 5) is 24.4. The molecule has 1 aromatic rings. The Balaban J connectivity index is 2.04. The molecule has 0 aliphatic heterocycles. The molecule has 2 rings (SSSR count). The van der Waals surface area contributed by atoms with E-state index in [1.165, 1.54) is 4.90 Å². The van der Waals surface area contributed by atoms with Crippen LogP contribution in [-0.2, 0) is 4.79 Å². The average molecular weight is 262 g/mol. The Bertz CT molecular complexity index is 443. The SMILES string of the molecule is O=C(O)CCN(C(=O)NC1CCC1)c1ccccc1. The highest BCUT2D eigenvalue weighted by Gasteiger charge is 2.23. The predicted octanol–water partition coefficient (Wildman–Crippen LogP) is 2.23. The Hall–Kier alpha value is -2.04. The van der Waals surface area contributed by atoms with Crippen LogP contribution in [0.5, 0.6) is 0 Å². The molecule has 19 heavy (non-hydrogen) atoms. The van der Waals surface area contributed by atoms with Gasteiger partial charge < -0.3 is 10.4 Å². The molecule has 102 valence electrons. The van der Waals surface area contributed by atoms with Gasteiger partial charge in [-0.15, -0.1) is 0 Å². The highest BCUT2D eigenvalue weighted by molar-refractivity contribution is 5.92. The molecule has 0 unspecified atom stereocenters. The summed E-state index contributed by atoms with van der Waals surface area (Å²) >= 11 is 0. The van der Waals surface area contributed by atoms with E-state index in [9.17, 15) is 9.59 Å². The van der Waals surface area contributed by atoms with Gasteiger partial charge in [0.15, 0.2) is 0 Å². The lowest BCUT2D eigenvalue weighted by molar-refractivity contribution is -0.136. The molecule has 2 N–H and O–H groups in total. The van der Waals surface area contributed by atoms with Crippen molar-refractivity contribution in [1.82, 2.24) is 5.32 Å². The fraction of sp³-hybridized carbons (Fsp3) is 0.429. The summed E-state index contributed by atoms with van der Waals surface area (Å²) in [6.45, 7) is 0.178. The number of carbonyl (C=O) groups is 2. The summed E-state index contributed by atoms with van der Waals surface area (Å²) in [7, 11) is 0. The molecule has 1 aromatic carbocycles. The van der Waals surface area contributed by atoms with Crippen LogP contribution < -0.4 is 10.2 Å². The van der Waals surface area contributed by atoms with Crippen LogP contribution in [-0.4, -0.2) is 29.7 Å². The van der Waals surface area contributed by atoms with E-state index in [2.05, 4.69) is 5.32 Å². The second kappa shape index (κ2) is 6.22. The topological polar surface area (TPSA) is 69.6 Å². The molecule has 2 amide bonds. The number of hydrogen-bond acceptors (Lipinski definition) is 2. The van der Waals surface area contributed by atoms with Gasteiger partial charge in [-0.1, -0.05) is 18.2 Å². The predicted molar refractivity (Wildman–Crippen MR) is 72.2 cm³/mol. The van der Waals surface area contributed by atoms with Gasteiger partial charge in [0.05, 0.1) is 6.42 Å². The Kier molecular flexibility index (Phi) is 4.39. The molecule has 5 heteroatoms. The van der Waals surface area contributed by atoms with Crippen molar-refractivity contribution in [2.75, 3.05) is 11.4 Å². The van der Waals surface area contributed by atoms with Crippen LogP contribution in [0.2, 0.25) is 0 Å². The number of anilines is 1. The Labute approximate surface area is 112 Å². The molecule has 0 bridgehead atoms. The third-order valence-electron chi connectivity index (χ3n) is 3.30. The maximum Gasteiger partial charge on any atom is 0.322 e. The van der Waals surface area contributed by atoms with Crippen molar-refractivity contribution in [1.29, 1.82) is 0 Å². The summed E-state index contributed by atoms with van der Waals surface area (Å²) in [6.07, 6.45) is 3.10. The van der Waals surface area contributed by atoms with Gasteiger partial charge in [0.2, 0.25) is 0 Å². The molecule has 0 atom stereocenters. The summed E-state index contributed by atoms with van der Waals surface area (Å²) in [6, 6.07) is 9.17. The number of para-hydroxylation sites is 1. The molecule has 1 saturated carbocycles. The number of benzene rings is 1. The molecule has 1 aliphatic carbocycles. The van der Waals surface area contributed by atoms with E-state index in [0.29, 0.717) is 0 Å². The third kappa shape index (κ3) is 3.71. The standard InChI is InChI=1S/C14H18N2O3/c17-13(18)9-10-16(12-7-2-1-3-8-12)14(19)15-11-5-4-6-11/h1-3,7-8,11H,4-6,9-10H2,(H,15,19)(H,17,18). The number of amides is 2. The first-order chi connectivity index (χ1) is 9.16. The number of carboxylic acids is 1. The minimum absolute atomic E-state index is 0.0625. The first-order valence-electron chi connectivity index (χ1n) is 6.51. The van der Waals surface area contributed by atoms with Gasteiger partial charge in [-0.2, -0.15) is 0 Å². The van der Waals surface area contributed by atoms with Crippen molar-refractivity contribution in [3.8, 4) is 0 Å². The van der Waals surface area contributed by atoms with Crippen LogP contribution in [0.15, 0.2) is 30.3 Å². The number of rotatable bonds is 5. The fourth-order valence-corrected chi connectivity index (χ4v) is 1.97. The second-order valence-electron chi connectivity index (χ2n) is 4.71. The van der Waals surface area contributed by atoms with Crippen LogP contribution in [0, 0.1) is 0 Å². The summed E-state index contributed by atoms with van der Waals surface area (Å²) in [5.74, 6) is -0.905. The van der Waals surface area contributed by atoms with Gasteiger partial charge in [-0.25, -0.2) is 4.79 Å². The highest BCUT2D eigenvalue weighted by Crippen LogP contribution is 2.20. The summed E-state index contributed by atoms with van der Waals surface area (Å²) in [5, 5.41) is 11.7. The number of nitrogens with zero attached hydrogens (tertiary/aromatic N) is 1. The maximum absolute atomic E-state index is 12.2. The quantitative estimate of drug-likeness (QED) is 0.855. The Morgan fingerprint density at radius 1 is 1.26 bits per heavy atom. The number of aliphatic carboxylic acids is 1. The first kappa shape index (κ1) is 13.4. The molecular formula is C14H18N2O3. The molecule has 0 heterocycles. The number of carboxylic acid groups (broad SMARTS) is 1. The zero-order valence-electron chi connectivity index (χ0n) is 10.7. The van der Waals surface area contributed by atoms with Gasteiger partial charge in [0, 0.05) is 18.3 Å². The lowest BCUT2D eigenvalue weighted by atomic mass is 9.93. The van der Waals surface area contributed by atoms with E-state index in [0.717, 1.165) is 24.9 Å². The molecule has 0 aromatic heterocycles. The Morgan fingerprint density at radius 3 is 2.47 bits per heavy atom. The molecule has 1 fully saturated rings. The van der Waals surface area contributed by atoms with Crippen molar-refractivity contribution >= 4 is 17.7 Å². The second-order valence-corrected chi connectivity index (χ2v) is 4.71. The highest BCUT2D eigenvalue weighted by atomic mass is 16.4. The zero-order chi connectivity index (χ0) is 13.7. The van der Waals surface area contributed by atoms with Gasteiger partial charge in [-0.05, 0) is 31.4 Å². The molecule has 0 radical (unpaired) electrons. The summed E-state index contributed by atoms with van der Waals surface area (Å²) in [5.41, 5.74) is 0.723. The number of nitrogens with one attached hydrogen (secondary N) is 1. The van der Waals surface area contributed by atoms with Crippen molar-refractivity contribution < 1.29 is 14.7 Å². The van der Waals surface area contributed by atoms with Gasteiger partial charge in [0.1, 0.15) is 0 Å². The Morgan fingerprint density at radius 2 is 1.95 bits per heavy atom. The van der Waals surface area contributed by atoms with E-state index in [4.69, 9.17) is 5.11 Å². The molecular weight excluding hydrogens is 244 g/mol. The fourth-order valence-electron chi connectivity index (χ4n) is 1.97. The average Bonchev–Trinajstić information content (AvgIpc) is 2.35. The van der Waals surface area contributed by atoms with Crippen molar-refractivity contribution in [2.24, 2.45) is 0 Å². The minimum atomic E-state index is -0.905. The van der Waals surface area contributed by atoms with Crippen LogP contribution in [0.25, 0.3) is 0 Å².